The van der Waals surface area contributed by atoms with Crippen LogP contribution in [0.2, 0.25) is 0 Å². The van der Waals surface area contributed by atoms with E-state index in [1.165, 1.54) is 19.3 Å². The molecular weight excluding hydrogens is 168 g/mol. The Morgan fingerprint density at radius 1 is 1.07 bits per heavy atom. The zero-order valence-corrected chi connectivity index (χ0v) is 11.0. The number of rotatable bonds is 6. The van der Waals surface area contributed by atoms with Gasteiger partial charge in [0.05, 0.1) is 0 Å². The van der Waals surface area contributed by atoms with Crippen LogP contribution in [0.5, 0.6) is 0 Å². The van der Waals surface area contributed by atoms with Crippen LogP contribution in [0, 0.1) is 16.7 Å². The molecule has 0 saturated carbocycles. The van der Waals surface area contributed by atoms with Gasteiger partial charge in [0, 0.05) is 0 Å². The van der Waals surface area contributed by atoms with Crippen LogP contribution >= 0.6 is 0 Å². The first-order chi connectivity index (χ1) is 6.29. The second-order valence-electron chi connectivity index (χ2n) is 5.91. The van der Waals surface area contributed by atoms with Crippen LogP contribution in [0.25, 0.3) is 0 Å². The Morgan fingerprint density at radius 3 is 1.86 bits per heavy atom. The van der Waals surface area contributed by atoms with E-state index in [0.29, 0.717) is 16.7 Å². The Hall–Kier alpha value is -0.260. The summed E-state index contributed by atoms with van der Waals surface area (Å²) in [5.41, 5.74) is 0.847. The van der Waals surface area contributed by atoms with Gasteiger partial charge in [0.2, 0.25) is 0 Å². The van der Waals surface area contributed by atoms with Gasteiger partial charge < -0.3 is 0 Å². The topological polar surface area (TPSA) is 0 Å². The monoisotopic (exact) mass is 196 g/mol. The Kier molecular flexibility index (Phi) is 4.91. The number of hydrogen-bond donors (Lipinski definition) is 0. The lowest BCUT2D eigenvalue weighted by molar-refractivity contribution is 0.168. The van der Waals surface area contributed by atoms with Crippen molar-refractivity contribution >= 4 is 0 Å². The van der Waals surface area contributed by atoms with Gasteiger partial charge in [0.25, 0.3) is 0 Å². The molecule has 0 fully saturated rings. The zero-order valence-electron chi connectivity index (χ0n) is 11.0. The van der Waals surface area contributed by atoms with Crippen molar-refractivity contribution in [1.29, 1.82) is 0 Å². The molecule has 0 aromatic carbocycles. The van der Waals surface area contributed by atoms with Crippen LogP contribution in [0.1, 0.15) is 60.8 Å². The highest BCUT2D eigenvalue weighted by Crippen LogP contribution is 2.40. The predicted molar refractivity (Wildman–Crippen MR) is 66.4 cm³/mol. The summed E-state index contributed by atoms with van der Waals surface area (Å²) >= 11 is 0. The minimum absolute atomic E-state index is 0.397. The maximum absolute atomic E-state index is 3.99. The molecule has 0 aliphatic rings. The summed E-state index contributed by atoms with van der Waals surface area (Å²) in [4.78, 5) is 0. The molecule has 0 rings (SSSR count). The summed E-state index contributed by atoms with van der Waals surface area (Å²) in [6.45, 7) is 18.0. The fraction of sp³-hybridized carbons (Fsp3) is 0.857. The molecule has 0 heteroatoms. The molecule has 0 aromatic heterocycles. The van der Waals surface area contributed by atoms with Crippen molar-refractivity contribution in [3.05, 3.63) is 12.7 Å². The van der Waals surface area contributed by atoms with E-state index in [0.717, 1.165) is 0 Å². The fourth-order valence-corrected chi connectivity index (χ4v) is 1.68. The van der Waals surface area contributed by atoms with Crippen LogP contribution in [0.3, 0.4) is 0 Å². The van der Waals surface area contributed by atoms with Crippen LogP contribution in [0.4, 0.5) is 0 Å². The predicted octanol–water partition coefficient (Wildman–Crippen LogP) is 5.05. The first kappa shape index (κ1) is 13.7. The summed E-state index contributed by atoms with van der Waals surface area (Å²) in [6.07, 6.45) is 5.88. The summed E-state index contributed by atoms with van der Waals surface area (Å²) in [7, 11) is 0. The third-order valence-electron chi connectivity index (χ3n) is 3.93. The molecule has 0 spiro atoms. The molecule has 0 saturated heterocycles. The number of allylic oxidation sites excluding steroid dienone is 1. The van der Waals surface area contributed by atoms with E-state index in [9.17, 15) is 0 Å². The highest BCUT2D eigenvalue weighted by molar-refractivity contribution is 4.92. The van der Waals surface area contributed by atoms with Crippen LogP contribution in [0.15, 0.2) is 12.7 Å². The van der Waals surface area contributed by atoms with Crippen LogP contribution in [-0.2, 0) is 0 Å². The lowest BCUT2D eigenvalue weighted by atomic mass is 9.69. The maximum atomic E-state index is 3.99. The van der Waals surface area contributed by atoms with E-state index in [1.54, 1.807) is 0 Å². The van der Waals surface area contributed by atoms with Gasteiger partial charge in [-0.1, -0.05) is 60.5 Å². The molecule has 0 bridgehead atoms. The summed E-state index contributed by atoms with van der Waals surface area (Å²) in [6, 6.07) is 0. The second kappa shape index (κ2) is 5.00. The summed E-state index contributed by atoms with van der Waals surface area (Å²) in [5.74, 6) is 0.641. The van der Waals surface area contributed by atoms with Gasteiger partial charge in [-0.25, -0.2) is 0 Å². The molecule has 0 nitrogen and oxygen atoms in total. The molecule has 14 heavy (non-hydrogen) atoms. The molecule has 0 aliphatic carbocycles. The van der Waals surface area contributed by atoms with Crippen molar-refractivity contribution in [3.8, 4) is 0 Å². The van der Waals surface area contributed by atoms with Crippen molar-refractivity contribution in [2.45, 2.75) is 60.8 Å². The Labute approximate surface area is 90.8 Å². The molecule has 1 unspecified atom stereocenters. The van der Waals surface area contributed by atoms with Gasteiger partial charge in [-0.3, -0.25) is 0 Å². The van der Waals surface area contributed by atoms with Crippen LogP contribution in [-0.4, -0.2) is 0 Å². The maximum Gasteiger partial charge on any atom is -0.0180 e. The first-order valence-electron chi connectivity index (χ1n) is 5.91. The van der Waals surface area contributed by atoms with E-state index < -0.39 is 0 Å². The standard InChI is InChI=1S/C14H28/c1-8-12(14(6,7)10-3)11-13(4,5)9-2/h8,12H,1,9-11H2,2-7H3. The van der Waals surface area contributed by atoms with E-state index in [2.05, 4.69) is 54.2 Å². The molecule has 84 valence electrons. The van der Waals surface area contributed by atoms with Gasteiger partial charge in [-0.15, -0.1) is 6.58 Å². The van der Waals surface area contributed by atoms with Crippen LogP contribution < -0.4 is 0 Å². The van der Waals surface area contributed by atoms with Gasteiger partial charge in [-0.05, 0) is 23.2 Å². The normalized spacial score (nSPS) is 15.3. The van der Waals surface area contributed by atoms with Crippen molar-refractivity contribution in [2.24, 2.45) is 16.7 Å². The largest absolute Gasteiger partial charge is 0.103 e. The molecule has 0 amide bonds. The average molecular weight is 196 g/mol. The van der Waals surface area contributed by atoms with E-state index in [1.807, 2.05) is 0 Å². The third-order valence-corrected chi connectivity index (χ3v) is 3.93. The van der Waals surface area contributed by atoms with E-state index >= 15 is 0 Å². The lowest BCUT2D eigenvalue weighted by Gasteiger charge is -2.37. The molecule has 0 radical (unpaired) electrons. The Morgan fingerprint density at radius 2 is 1.57 bits per heavy atom. The summed E-state index contributed by atoms with van der Waals surface area (Å²) < 4.78 is 0. The van der Waals surface area contributed by atoms with Gasteiger partial charge in [0.15, 0.2) is 0 Å². The zero-order chi connectivity index (χ0) is 11.4. The average Bonchev–Trinajstić information content (AvgIpc) is 2.14. The van der Waals surface area contributed by atoms with E-state index in [-0.39, 0.29) is 0 Å². The minimum Gasteiger partial charge on any atom is -0.103 e. The van der Waals surface area contributed by atoms with Gasteiger partial charge in [0.1, 0.15) is 0 Å². The minimum atomic E-state index is 0.397. The van der Waals surface area contributed by atoms with Crippen molar-refractivity contribution < 1.29 is 0 Å². The highest BCUT2D eigenvalue weighted by Gasteiger charge is 2.30. The Bertz CT molecular complexity index is 174. The second-order valence-corrected chi connectivity index (χ2v) is 5.91. The van der Waals surface area contributed by atoms with E-state index in [4.69, 9.17) is 0 Å². The number of hydrogen-bond acceptors (Lipinski definition) is 0. The highest BCUT2D eigenvalue weighted by atomic mass is 14.3. The van der Waals surface area contributed by atoms with Gasteiger partial charge >= 0.3 is 0 Å². The van der Waals surface area contributed by atoms with Crippen molar-refractivity contribution in [3.63, 3.8) is 0 Å². The van der Waals surface area contributed by atoms with Gasteiger partial charge in [-0.2, -0.15) is 0 Å². The molecule has 0 aliphatic heterocycles. The molecule has 1 atom stereocenters. The molecular formula is C14H28. The van der Waals surface area contributed by atoms with Crippen molar-refractivity contribution in [2.75, 3.05) is 0 Å². The summed E-state index contributed by atoms with van der Waals surface area (Å²) in [5, 5.41) is 0. The SMILES string of the molecule is C=CC(CC(C)(C)CC)C(C)(C)CC. The quantitative estimate of drug-likeness (QED) is 0.521. The third kappa shape index (κ3) is 3.86. The van der Waals surface area contributed by atoms with Crippen molar-refractivity contribution in [1.82, 2.24) is 0 Å². The lowest BCUT2D eigenvalue weighted by Crippen LogP contribution is -2.26. The Balaban J connectivity index is 4.52. The molecule has 0 heterocycles. The molecule has 0 aromatic rings. The fourth-order valence-electron chi connectivity index (χ4n) is 1.68. The smallest absolute Gasteiger partial charge is 0.0180 e. The molecule has 0 N–H and O–H groups in total. The first-order valence-corrected chi connectivity index (χ1v) is 5.91.